The zero-order valence-corrected chi connectivity index (χ0v) is 13.3. The maximum absolute atomic E-state index is 9.96. The second-order valence-electron chi connectivity index (χ2n) is 5.26. The Balaban J connectivity index is 1.99. The van der Waals surface area contributed by atoms with Gasteiger partial charge in [0.15, 0.2) is 6.29 Å². The van der Waals surface area contributed by atoms with Gasteiger partial charge >= 0.3 is 0 Å². The Morgan fingerprint density at radius 2 is 1.95 bits per heavy atom. The number of rotatable bonds is 5. The van der Waals surface area contributed by atoms with Crippen LogP contribution < -0.4 is 0 Å². The normalized spacial score (nSPS) is 25.9. The van der Waals surface area contributed by atoms with Gasteiger partial charge < -0.3 is 14.6 Å². The van der Waals surface area contributed by atoms with Gasteiger partial charge in [0, 0.05) is 30.1 Å². The van der Waals surface area contributed by atoms with Crippen LogP contribution in [0.4, 0.5) is 0 Å². The molecule has 0 aromatic heterocycles. The van der Waals surface area contributed by atoms with E-state index in [0.29, 0.717) is 18.1 Å². The Morgan fingerprint density at radius 3 is 2.65 bits per heavy atom. The largest absolute Gasteiger partial charge is 0.493 e. The highest BCUT2D eigenvalue weighted by Gasteiger charge is 2.27. The predicted molar refractivity (Wildman–Crippen MR) is 80.6 cm³/mol. The number of hydrogen-bond acceptors (Lipinski definition) is 3. The van der Waals surface area contributed by atoms with E-state index in [1.807, 2.05) is 6.92 Å². The monoisotopic (exact) mass is 320 g/mol. The Kier molecular flexibility index (Phi) is 6.21. The highest BCUT2D eigenvalue weighted by Crippen LogP contribution is 2.35. The molecule has 20 heavy (non-hydrogen) atoms. The number of allylic oxidation sites excluding steroid dienone is 3. The van der Waals surface area contributed by atoms with E-state index in [0.717, 1.165) is 54.9 Å². The van der Waals surface area contributed by atoms with E-state index in [1.54, 1.807) is 0 Å². The summed E-state index contributed by atoms with van der Waals surface area (Å²) in [5.74, 6) is 0.922. The molecule has 0 aromatic carbocycles. The van der Waals surface area contributed by atoms with Crippen molar-refractivity contribution in [2.75, 3.05) is 6.61 Å². The summed E-state index contributed by atoms with van der Waals surface area (Å²) in [4.78, 5) is 0. The Hall–Kier alpha value is -0.220. The number of aliphatic hydroxyl groups excluding tert-OH is 1. The molecule has 0 radical (unpaired) electrons. The zero-order valence-electron chi connectivity index (χ0n) is 11.8. The first-order valence-electron chi connectivity index (χ1n) is 7.33. The lowest BCUT2D eigenvalue weighted by Gasteiger charge is -2.30. The SMILES string of the molecule is CCOC(O)C1=C(Cl)CCC(OC2=C(Cl)CCCC2)C1. The van der Waals surface area contributed by atoms with E-state index < -0.39 is 6.29 Å². The molecule has 1 N–H and O–H groups in total. The van der Waals surface area contributed by atoms with Crippen molar-refractivity contribution in [2.24, 2.45) is 0 Å². The van der Waals surface area contributed by atoms with Gasteiger partial charge in [0.25, 0.3) is 0 Å². The smallest absolute Gasteiger partial charge is 0.178 e. The zero-order chi connectivity index (χ0) is 14.5. The molecule has 2 atom stereocenters. The molecule has 0 saturated carbocycles. The Bertz CT molecular complexity index is 404. The van der Waals surface area contributed by atoms with Crippen molar-refractivity contribution in [3.63, 3.8) is 0 Å². The molecule has 114 valence electrons. The van der Waals surface area contributed by atoms with E-state index in [2.05, 4.69) is 0 Å². The first-order chi connectivity index (χ1) is 9.61. The fourth-order valence-electron chi connectivity index (χ4n) is 2.67. The van der Waals surface area contributed by atoms with E-state index >= 15 is 0 Å². The molecule has 0 aromatic rings. The third-order valence-electron chi connectivity index (χ3n) is 3.77. The quantitative estimate of drug-likeness (QED) is 0.762. The van der Waals surface area contributed by atoms with Gasteiger partial charge in [-0.05, 0) is 39.0 Å². The molecular weight excluding hydrogens is 299 g/mol. The summed E-state index contributed by atoms with van der Waals surface area (Å²) in [6.45, 7) is 2.30. The highest BCUT2D eigenvalue weighted by molar-refractivity contribution is 6.30. The van der Waals surface area contributed by atoms with E-state index in [-0.39, 0.29) is 6.10 Å². The van der Waals surface area contributed by atoms with Crippen LogP contribution in [0, 0.1) is 0 Å². The van der Waals surface area contributed by atoms with Gasteiger partial charge in [-0.3, -0.25) is 0 Å². The van der Waals surface area contributed by atoms with Crippen LogP contribution in [0.1, 0.15) is 51.9 Å². The molecule has 5 heteroatoms. The van der Waals surface area contributed by atoms with Crippen LogP contribution in [0.15, 0.2) is 21.4 Å². The van der Waals surface area contributed by atoms with Gasteiger partial charge in [-0.15, -0.1) is 0 Å². The molecule has 2 aliphatic carbocycles. The van der Waals surface area contributed by atoms with E-state index in [4.69, 9.17) is 32.7 Å². The van der Waals surface area contributed by atoms with Crippen molar-refractivity contribution in [1.82, 2.24) is 0 Å². The summed E-state index contributed by atoms with van der Waals surface area (Å²) in [7, 11) is 0. The number of aliphatic hydroxyl groups is 1. The fourth-order valence-corrected chi connectivity index (χ4v) is 3.22. The number of halogens is 2. The van der Waals surface area contributed by atoms with Crippen molar-refractivity contribution < 1.29 is 14.6 Å². The summed E-state index contributed by atoms with van der Waals surface area (Å²) >= 11 is 12.4. The summed E-state index contributed by atoms with van der Waals surface area (Å²) in [6, 6.07) is 0. The first-order valence-corrected chi connectivity index (χ1v) is 8.08. The van der Waals surface area contributed by atoms with Crippen molar-refractivity contribution in [1.29, 1.82) is 0 Å². The molecule has 2 unspecified atom stereocenters. The average Bonchev–Trinajstić information content (AvgIpc) is 2.43. The Labute approximate surface area is 130 Å². The van der Waals surface area contributed by atoms with E-state index in [1.165, 1.54) is 0 Å². The van der Waals surface area contributed by atoms with Crippen LogP contribution in [0.5, 0.6) is 0 Å². The summed E-state index contributed by atoms with van der Waals surface area (Å²) < 4.78 is 11.3. The van der Waals surface area contributed by atoms with Gasteiger partial charge in [-0.2, -0.15) is 0 Å². The third kappa shape index (κ3) is 4.14. The molecule has 0 saturated heterocycles. The molecule has 0 amide bonds. The summed E-state index contributed by atoms with van der Waals surface area (Å²) in [6.07, 6.45) is 5.38. The van der Waals surface area contributed by atoms with Crippen LogP contribution in [0.25, 0.3) is 0 Å². The molecule has 2 rings (SSSR count). The second-order valence-corrected chi connectivity index (χ2v) is 6.17. The van der Waals surface area contributed by atoms with Gasteiger partial charge in [-0.1, -0.05) is 23.2 Å². The lowest BCUT2D eigenvalue weighted by Crippen LogP contribution is -2.26. The molecule has 0 heterocycles. The van der Waals surface area contributed by atoms with Crippen molar-refractivity contribution >= 4 is 23.2 Å². The van der Waals surface area contributed by atoms with Crippen LogP contribution >= 0.6 is 23.2 Å². The highest BCUT2D eigenvalue weighted by atomic mass is 35.5. The summed E-state index contributed by atoms with van der Waals surface area (Å²) in [5, 5.41) is 11.5. The van der Waals surface area contributed by atoms with Crippen LogP contribution in [-0.2, 0) is 9.47 Å². The average molecular weight is 321 g/mol. The van der Waals surface area contributed by atoms with Crippen molar-refractivity contribution in [2.45, 2.75) is 64.3 Å². The van der Waals surface area contributed by atoms with E-state index in [9.17, 15) is 5.11 Å². The van der Waals surface area contributed by atoms with Gasteiger partial charge in [-0.25, -0.2) is 0 Å². The third-order valence-corrected chi connectivity index (χ3v) is 4.60. The van der Waals surface area contributed by atoms with Crippen LogP contribution in [0.2, 0.25) is 0 Å². The topological polar surface area (TPSA) is 38.7 Å². The Morgan fingerprint density at radius 1 is 1.20 bits per heavy atom. The van der Waals surface area contributed by atoms with Crippen LogP contribution in [-0.4, -0.2) is 24.1 Å². The molecule has 3 nitrogen and oxygen atoms in total. The standard InChI is InChI=1S/C15H22Cl2O3/c1-2-19-15(18)11-9-10(7-8-12(11)16)20-14-6-4-3-5-13(14)17/h10,15,18H,2-9H2,1H3. The van der Waals surface area contributed by atoms with Crippen molar-refractivity contribution in [3.05, 3.63) is 21.4 Å². The number of ether oxygens (including phenoxy) is 2. The number of hydrogen-bond donors (Lipinski definition) is 1. The fraction of sp³-hybridized carbons (Fsp3) is 0.733. The van der Waals surface area contributed by atoms with Gasteiger partial charge in [0.2, 0.25) is 0 Å². The molecule has 0 aliphatic heterocycles. The van der Waals surface area contributed by atoms with Crippen molar-refractivity contribution in [3.8, 4) is 0 Å². The first kappa shape index (κ1) is 16.2. The molecule has 0 spiro atoms. The predicted octanol–water partition coefficient (Wildman–Crippen LogP) is 4.43. The minimum atomic E-state index is -0.922. The van der Waals surface area contributed by atoms with Gasteiger partial charge in [0.1, 0.15) is 11.9 Å². The maximum atomic E-state index is 9.96. The minimum Gasteiger partial charge on any atom is -0.493 e. The molecule has 2 aliphatic rings. The van der Waals surface area contributed by atoms with Crippen LogP contribution in [0.3, 0.4) is 0 Å². The lowest BCUT2D eigenvalue weighted by molar-refractivity contribution is -0.0740. The second kappa shape index (κ2) is 7.69. The minimum absolute atomic E-state index is 0.0319. The maximum Gasteiger partial charge on any atom is 0.178 e. The lowest BCUT2D eigenvalue weighted by atomic mass is 9.95. The molecular formula is C15H22Cl2O3. The van der Waals surface area contributed by atoms with Gasteiger partial charge in [0.05, 0.1) is 5.03 Å². The summed E-state index contributed by atoms with van der Waals surface area (Å²) in [5.41, 5.74) is 0.747. The molecule has 0 bridgehead atoms. The molecule has 0 fully saturated rings.